The van der Waals surface area contributed by atoms with Gasteiger partial charge in [-0.25, -0.2) is 0 Å². The van der Waals surface area contributed by atoms with E-state index in [4.69, 9.17) is 0 Å². The first-order valence-electron chi connectivity index (χ1n) is 9.71. The maximum absolute atomic E-state index is 2.37. The number of benzene rings is 6. The van der Waals surface area contributed by atoms with Crippen molar-refractivity contribution < 1.29 is 0 Å². The largest absolute Gasteiger partial charge is 0.0616 e. The average molecular weight is 354 g/mol. The number of rotatable bonds is 1. The van der Waals surface area contributed by atoms with Crippen molar-refractivity contribution in [3.63, 3.8) is 0 Å². The summed E-state index contributed by atoms with van der Waals surface area (Å²) in [6.45, 7) is 0. The summed E-state index contributed by atoms with van der Waals surface area (Å²) in [6, 6.07) is 39.7. The normalized spacial score (nSPS) is 11.6. The van der Waals surface area contributed by atoms with E-state index < -0.39 is 0 Å². The van der Waals surface area contributed by atoms with Crippen LogP contribution in [0.3, 0.4) is 0 Å². The molecule has 0 unspecified atom stereocenters. The molecule has 0 radical (unpaired) electrons. The quantitative estimate of drug-likeness (QED) is 0.207. The maximum Gasteiger partial charge on any atom is -0.00928 e. The second-order valence-electron chi connectivity index (χ2n) is 7.42. The van der Waals surface area contributed by atoms with Crippen molar-refractivity contribution in [2.45, 2.75) is 0 Å². The van der Waals surface area contributed by atoms with Crippen LogP contribution in [0.15, 0.2) is 109 Å². The number of fused-ring (bicyclic) bond motifs is 5. The molecule has 0 aliphatic heterocycles. The van der Waals surface area contributed by atoms with Gasteiger partial charge in [0.1, 0.15) is 0 Å². The van der Waals surface area contributed by atoms with Crippen molar-refractivity contribution in [2.24, 2.45) is 0 Å². The predicted molar refractivity (Wildman–Crippen MR) is 122 cm³/mol. The van der Waals surface area contributed by atoms with Crippen LogP contribution < -0.4 is 0 Å². The monoisotopic (exact) mass is 354 g/mol. The van der Waals surface area contributed by atoms with Gasteiger partial charge >= 0.3 is 0 Å². The molecule has 0 atom stereocenters. The van der Waals surface area contributed by atoms with Gasteiger partial charge in [0.05, 0.1) is 0 Å². The molecule has 0 amide bonds. The molecule has 28 heavy (non-hydrogen) atoms. The molecule has 0 heterocycles. The van der Waals surface area contributed by atoms with Crippen LogP contribution in [0.25, 0.3) is 54.2 Å². The highest BCUT2D eigenvalue weighted by Gasteiger charge is 2.11. The van der Waals surface area contributed by atoms with E-state index in [1.165, 1.54) is 54.2 Å². The van der Waals surface area contributed by atoms with Crippen molar-refractivity contribution in [3.05, 3.63) is 109 Å². The van der Waals surface area contributed by atoms with Gasteiger partial charge in [0.25, 0.3) is 0 Å². The third-order valence-electron chi connectivity index (χ3n) is 5.80. The lowest BCUT2D eigenvalue weighted by molar-refractivity contribution is 1.70. The molecule has 0 bridgehead atoms. The zero-order valence-electron chi connectivity index (χ0n) is 15.4. The lowest BCUT2D eigenvalue weighted by Gasteiger charge is -2.14. The van der Waals surface area contributed by atoms with Gasteiger partial charge in [0.2, 0.25) is 0 Å². The third-order valence-corrected chi connectivity index (χ3v) is 5.80. The Labute approximate surface area is 163 Å². The molecule has 0 N–H and O–H groups in total. The minimum Gasteiger partial charge on any atom is -0.0616 e. The fraction of sp³-hybridized carbons (Fsp3) is 0. The van der Waals surface area contributed by atoms with Crippen molar-refractivity contribution in [2.75, 3.05) is 0 Å². The summed E-state index contributed by atoms with van der Waals surface area (Å²) < 4.78 is 0. The summed E-state index contributed by atoms with van der Waals surface area (Å²) in [4.78, 5) is 0. The Morgan fingerprint density at radius 1 is 0.286 bits per heavy atom. The summed E-state index contributed by atoms with van der Waals surface area (Å²) in [5, 5.41) is 10.4. The highest BCUT2D eigenvalue weighted by molar-refractivity contribution is 6.18. The molecular formula is C28H18. The van der Waals surface area contributed by atoms with Crippen LogP contribution in [0.4, 0.5) is 0 Å². The van der Waals surface area contributed by atoms with E-state index in [1.807, 2.05) is 0 Å². The first kappa shape index (κ1) is 15.4. The Bertz CT molecular complexity index is 1500. The van der Waals surface area contributed by atoms with Crippen LogP contribution in [0.1, 0.15) is 0 Å². The fourth-order valence-electron chi connectivity index (χ4n) is 4.48. The van der Waals surface area contributed by atoms with E-state index in [0.717, 1.165) is 0 Å². The van der Waals surface area contributed by atoms with Gasteiger partial charge in [0.15, 0.2) is 0 Å². The van der Waals surface area contributed by atoms with Crippen molar-refractivity contribution in [3.8, 4) is 11.1 Å². The second kappa shape index (κ2) is 5.94. The molecule has 130 valence electrons. The SMILES string of the molecule is c1ccc2cc3c(cc(-c4cccc5ccccc45)c4ccccc43)cc2c1. The van der Waals surface area contributed by atoms with Crippen LogP contribution in [-0.2, 0) is 0 Å². The average Bonchev–Trinajstić information content (AvgIpc) is 2.77. The van der Waals surface area contributed by atoms with Gasteiger partial charge in [-0.1, -0.05) is 91.0 Å². The minimum absolute atomic E-state index is 1.28. The molecule has 0 saturated carbocycles. The van der Waals surface area contributed by atoms with E-state index in [1.54, 1.807) is 0 Å². The number of hydrogen-bond donors (Lipinski definition) is 0. The number of hydrogen-bond acceptors (Lipinski definition) is 0. The van der Waals surface area contributed by atoms with Crippen molar-refractivity contribution in [1.82, 2.24) is 0 Å². The highest BCUT2D eigenvalue weighted by atomic mass is 14.1. The Kier molecular flexibility index (Phi) is 3.27. The highest BCUT2D eigenvalue weighted by Crippen LogP contribution is 2.39. The first-order chi connectivity index (χ1) is 13.9. The standard InChI is InChI=1S/C28H18/c1-2-10-21-17-27-22(16-20(21)9-1)18-28(26-14-6-5-13-25(26)27)24-15-7-11-19-8-3-4-12-23(19)24/h1-18H. The summed E-state index contributed by atoms with van der Waals surface area (Å²) in [5.74, 6) is 0. The molecule has 6 aromatic carbocycles. The Hall–Kier alpha value is -3.64. The van der Waals surface area contributed by atoms with Gasteiger partial charge in [-0.3, -0.25) is 0 Å². The summed E-state index contributed by atoms with van der Waals surface area (Å²) in [5.41, 5.74) is 2.60. The minimum atomic E-state index is 1.28. The van der Waals surface area contributed by atoms with Gasteiger partial charge in [0, 0.05) is 0 Å². The second-order valence-corrected chi connectivity index (χ2v) is 7.42. The van der Waals surface area contributed by atoms with E-state index in [9.17, 15) is 0 Å². The molecule has 0 aliphatic carbocycles. The van der Waals surface area contributed by atoms with Crippen molar-refractivity contribution in [1.29, 1.82) is 0 Å². The fourth-order valence-corrected chi connectivity index (χ4v) is 4.48. The molecule has 0 aromatic heterocycles. The first-order valence-corrected chi connectivity index (χ1v) is 9.71. The topological polar surface area (TPSA) is 0 Å². The van der Waals surface area contributed by atoms with Gasteiger partial charge in [-0.2, -0.15) is 0 Å². The molecule has 0 aliphatic rings. The molecule has 0 heteroatoms. The molecular weight excluding hydrogens is 336 g/mol. The summed E-state index contributed by atoms with van der Waals surface area (Å²) >= 11 is 0. The molecule has 0 nitrogen and oxygen atoms in total. The third kappa shape index (κ3) is 2.25. The molecule has 6 rings (SSSR count). The van der Waals surface area contributed by atoms with Crippen LogP contribution in [-0.4, -0.2) is 0 Å². The van der Waals surface area contributed by atoms with E-state index in [-0.39, 0.29) is 0 Å². The Morgan fingerprint density at radius 2 is 0.893 bits per heavy atom. The van der Waals surface area contributed by atoms with Gasteiger partial charge < -0.3 is 0 Å². The summed E-state index contributed by atoms with van der Waals surface area (Å²) in [6.07, 6.45) is 0. The molecule has 0 spiro atoms. The van der Waals surface area contributed by atoms with Crippen LogP contribution in [0.5, 0.6) is 0 Å². The lowest BCUT2D eigenvalue weighted by Crippen LogP contribution is -1.87. The smallest absolute Gasteiger partial charge is 0.00928 e. The molecule has 0 fully saturated rings. The lowest BCUT2D eigenvalue weighted by atomic mass is 9.90. The Morgan fingerprint density at radius 3 is 1.71 bits per heavy atom. The zero-order chi connectivity index (χ0) is 18.5. The van der Waals surface area contributed by atoms with E-state index in [2.05, 4.69) is 109 Å². The zero-order valence-corrected chi connectivity index (χ0v) is 15.4. The van der Waals surface area contributed by atoms with E-state index >= 15 is 0 Å². The van der Waals surface area contributed by atoms with Crippen LogP contribution in [0.2, 0.25) is 0 Å². The Balaban J connectivity index is 1.80. The van der Waals surface area contributed by atoms with Crippen molar-refractivity contribution >= 4 is 43.1 Å². The predicted octanol–water partition coefficient (Wildman–Crippen LogP) is 7.97. The van der Waals surface area contributed by atoms with Gasteiger partial charge in [-0.05, 0) is 72.4 Å². The van der Waals surface area contributed by atoms with E-state index in [0.29, 0.717) is 0 Å². The molecule has 0 saturated heterocycles. The molecule has 6 aromatic rings. The maximum atomic E-state index is 2.37. The van der Waals surface area contributed by atoms with Gasteiger partial charge in [-0.15, -0.1) is 0 Å². The van der Waals surface area contributed by atoms with Crippen LogP contribution in [0, 0.1) is 0 Å². The van der Waals surface area contributed by atoms with Crippen LogP contribution >= 0.6 is 0 Å². The summed E-state index contributed by atoms with van der Waals surface area (Å²) in [7, 11) is 0.